The Bertz CT molecular complexity index is 202. The van der Waals surface area contributed by atoms with Gasteiger partial charge in [-0.2, -0.15) is 0 Å². The van der Waals surface area contributed by atoms with Gasteiger partial charge in [-0.3, -0.25) is 0 Å². The van der Waals surface area contributed by atoms with Gasteiger partial charge in [0.05, 0.1) is 0 Å². The van der Waals surface area contributed by atoms with E-state index >= 15 is 0 Å². The summed E-state index contributed by atoms with van der Waals surface area (Å²) < 4.78 is 0. The number of allylic oxidation sites excluding steroid dienone is 8. The van der Waals surface area contributed by atoms with Crippen LogP contribution >= 0.6 is 0 Å². The van der Waals surface area contributed by atoms with Crippen molar-refractivity contribution in [3.8, 4) is 0 Å². The Hall–Kier alpha value is -1.04. The highest BCUT2D eigenvalue weighted by atomic mass is 13.9. The van der Waals surface area contributed by atoms with E-state index in [0.717, 1.165) is 19.3 Å². The van der Waals surface area contributed by atoms with E-state index in [1.54, 1.807) is 0 Å². The van der Waals surface area contributed by atoms with Gasteiger partial charge in [0.1, 0.15) is 0 Å². The fourth-order valence-electron chi connectivity index (χ4n) is 1.31. The van der Waals surface area contributed by atoms with Crippen molar-refractivity contribution < 1.29 is 0 Å². The van der Waals surface area contributed by atoms with Crippen molar-refractivity contribution >= 4 is 0 Å². The van der Waals surface area contributed by atoms with Crippen LogP contribution in [-0.2, 0) is 0 Å². The lowest BCUT2D eigenvalue weighted by atomic mass is 10.1. The van der Waals surface area contributed by atoms with Crippen molar-refractivity contribution in [1.29, 1.82) is 0 Å². The highest BCUT2D eigenvalue weighted by Gasteiger charge is 1.83. The fourth-order valence-corrected chi connectivity index (χ4v) is 1.31. The molecule has 1 radical (unpaired) electrons. The third-order valence-corrected chi connectivity index (χ3v) is 2.10. The van der Waals surface area contributed by atoms with Crippen LogP contribution in [0.1, 0.15) is 32.1 Å². The maximum atomic E-state index is 2.34. The van der Waals surface area contributed by atoms with Crippen molar-refractivity contribution in [3.05, 3.63) is 55.0 Å². The lowest BCUT2D eigenvalue weighted by molar-refractivity contribution is 0.929. The van der Waals surface area contributed by atoms with Gasteiger partial charge >= 0.3 is 0 Å². The van der Waals surface area contributed by atoms with Gasteiger partial charge in [-0.1, -0.05) is 48.6 Å². The average molecular weight is 187 g/mol. The van der Waals surface area contributed by atoms with E-state index in [0.29, 0.717) is 0 Å². The molecule has 0 spiro atoms. The van der Waals surface area contributed by atoms with E-state index in [1.165, 1.54) is 12.8 Å². The van der Waals surface area contributed by atoms with Crippen LogP contribution < -0.4 is 0 Å². The topological polar surface area (TPSA) is 0 Å². The summed E-state index contributed by atoms with van der Waals surface area (Å²) in [7, 11) is 0. The van der Waals surface area contributed by atoms with E-state index in [-0.39, 0.29) is 0 Å². The number of hydrogen-bond acceptors (Lipinski definition) is 0. The second-order valence-electron chi connectivity index (χ2n) is 3.37. The molecule has 0 heterocycles. The van der Waals surface area contributed by atoms with Gasteiger partial charge in [0.15, 0.2) is 0 Å². The van der Waals surface area contributed by atoms with E-state index < -0.39 is 0 Å². The molecule has 75 valence electrons. The normalized spacial score (nSPS) is 19.4. The van der Waals surface area contributed by atoms with Crippen LogP contribution in [0.3, 0.4) is 0 Å². The third kappa shape index (κ3) is 6.47. The maximum Gasteiger partial charge on any atom is -0.0166 e. The molecule has 0 saturated carbocycles. The molecule has 0 aromatic heterocycles. The highest BCUT2D eigenvalue weighted by Crippen LogP contribution is 2.02. The Labute approximate surface area is 87.7 Å². The molecule has 0 heteroatoms. The van der Waals surface area contributed by atoms with Crippen LogP contribution in [0.2, 0.25) is 0 Å². The Morgan fingerprint density at radius 2 is 1.14 bits per heavy atom. The van der Waals surface area contributed by atoms with E-state index in [2.05, 4.69) is 55.0 Å². The first-order chi connectivity index (χ1) is 7.00. The summed E-state index contributed by atoms with van der Waals surface area (Å²) in [6.45, 7) is 0. The van der Waals surface area contributed by atoms with Crippen LogP contribution in [0.4, 0.5) is 0 Å². The van der Waals surface area contributed by atoms with Crippen LogP contribution in [0.5, 0.6) is 0 Å². The minimum atomic E-state index is 1.05. The first-order valence-electron chi connectivity index (χ1n) is 5.43. The molecular formula is C14H19. The molecule has 1 aliphatic carbocycles. The van der Waals surface area contributed by atoms with Gasteiger partial charge in [0.25, 0.3) is 0 Å². The van der Waals surface area contributed by atoms with Crippen molar-refractivity contribution in [2.45, 2.75) is 32.1 Å². The third-order valence-electron chi connectivity index (χ3n) is 2.10. The predicted octanol–water partition coefficient (Wildman–Crippen LogP) is 4.38. The molecule has 0 fully saturated rings. The maximum absolute atomic E-state index is 2.34. The average Bonchev–Trinajstić information content (AvgIpc) is 2.22. The summed E-state index contributed by atoms with van der Waals surface area (Å²) in [5.74, 6) is 0. The molecule has 0 aromatic rings. The first kappa shape index (κ1) is 11.0. The lowest BCUT2D eigenvalue weighted by Gasteiger charge is -1.93. The Morgan fingerprint density at radius 3 is 1.93 bits per heavy atom. The van der Waals surface area contributed by atoms with Crippen molar-refractivity contribution in [3.63, 3.8) is 0 Å². The smallest absolute Gasteiger partial charge is 0.0166 e. The second kappa shape index (κ2) is 8.55. The quantitative estimate of drug-likeness (QED) is 0.494. The molecule has 0 bridgehead atoms. The van der Waals surface area contributed by atoms with Crippen LogP contribution in [0.15, 0.2) is 48.6 Å². The molecule has 1 aliphatic rings. The minimum absolute atomic E-state index is 1.05. The summed E-state index contributed by atoms with van der Waals surface area (Å²) in [5, 5.41) is 0. The second-order valence-corrected chi connectivity index (χ2v) is 3.37. The van der Waals surface area contributed by atoms with Gasteiger partial charge in [0, 0.05) is 0 Å². The molecule has 1 rings (SSSR count). The zero-order chi connectivity index (χ0) is 9.90. The van der Waals surface area contributed by atoms with Crippen LogP contribution in [0.25, 0.3) is 0 Å². The zero-order valence-electron chi connectivity index (χ0n) is 8.73. The van der Waals surface area contributed by atoms with Gasteiger partial charge < -0.3 is 0 Å². The molecule has 0 atom stereocenters. The Kier molecular flexibility index (Phi) is 6.74. The SMILES string of the molecule is [CH]1CC=CCC=CC=CCC=CCC1. The molecule has 0 aromatic carbocycles. The monoisotopic (exact) mass is 187 g/mol. The molecule has 0 aliphatic heterocycles. The Balaban J connectivity index is 2.35. The molecule has 14 heavy (non-hydrogen) atoms. The standard InChI is InChI=1S/C14H19/c1-2-4-6-8-10-12-14-13-11-9-7-5-3-1/h1-4,7-10,13H,5-6,11-12,14H2. The van der Waals surface area contributed by atoms with E-state index in [1.807, 2.05) is 0 Å². The number of hydrogen-bond donors (Lipinski definition) is 0. The highest BCUT2D eigenvalue weighted by molar-refractivity contribution is 5.07. The summed E-state index contributed by atoms with van der Waals surface area (Å²) >= 11 is 0. The van der Waals surface area contributed by atoms with Crippen molar-refractivity contribution in [1.82, 2.24) is 0 Å². The van der Waals surface area contributed by atoms with Crippen molar-refractivity contribution in [2.75, 3.05) is 0 Å². The van der Waals surface area contributed by atoms with Gasteiger partial charge in [-0.15, -0.1) is 0 Å². The summed E-state index contributed by atoms with van der Waals surface area (Å²) in [4.78, 5) is 0. The molecule has 0 N–H and O–H groups in total. The predicted molar refractivity (Wildman–Crippen MR) is 63.9 cm³/mol. The minimum Gasteiger partial charge on any atom is -0.0882 e. The van der Waals surface area contributed by atoms with Crippen LogP contribution in [-0.4, -0.2) is 0 Å². The largest absolute Gasteiger partial charge is 0.0882 e. The molecule has 0 nitrogen and oxygen atoms in total. The Morgan fingerprint density at radius 1 is 0.500 bits per heavy atom. The molecular weight excluding hydrogens is 168 g/mol. The van der Waals surface area contributed by atoms with Gasteiger partial charge in [0.2, 0.25) is 0 Å². The van der Waals surface area contributed by atoms with Crippen LogP contribution in [0, 0.1) is 6.42 Å². The molecule has 0 saturated heterocycles. The summed E-state index contributed by atoms with van der Waals surface area (Å²) in [6.07, 6.45) is 25.5. The fraction of sp³-hybridized carbons (Fsp3) is 0.357. The molecule has 0 unspecified atom stereocenters. The van der Waals surface area contributed by atoms with Gasteiger partial charge in [-0.25, -0.2) is 0 Å². The zero-order valence-corrected chi connectivity index (χ0v) is 8.73. The van der Waals surface area contributed by atoms with E-state index in [9.17, 15) is 0 Å². The van der Waals surface area contributed by atoms with Gasteiger partial charge in [-0.05, 0) is 38.5 Å². The summed E-state index contributed by atoms with van der Waals surface area (Å²) in [6, 6.07) is 0. The summed E-state index contributed by atoms with van der Waals surface area (Å²) in [5.41, 5.74) is 0. The lowest BCUT2D eigenvalue weighted by Crippen LogP contribution is -1.74. The number of rotatable bonds is 0. The first-order valence-corrected chi connectivity index (χ1v) is 5.43. The van der Waals surface area contributed by atoms with Crippen molar-refractivity contribution in [2.24, 2.45) is 0 Å². The van der Waals surface area contributed by atoms with E-state index in [4.69, 9.17) is 0 Å². The molecule has 0 amide bonds.